The van der Waals surface area contributed by atoms with Crippen molar-refractivity contribution in [2.45, 2.75) is 13.5 Å². The zero-order chi connectivity index (χ0) is 15.0. The molecule has 0 spiro atoms. The van der Waals surface area contributed by atoms with Gasteiger partial charge in [0.05, 0.1) is 16.6 Å². The van der Waals surface area contributed by atoms with Crippen LogP contribution in [0.1, 0.15) is 17.3 Å². The lowest BCUT2D eigenvalue weighted by Crippen LogP contribution is -1.99. The Kier molecular flexibility index (Phi) is 3.39. The van der Waals surface area contributed by atoms with Gasteiger partial charge in [-0.15, -0.1) is 0 Å². The van der Waals surface area contributed by atoms with Gasteiger partial charge in [0, 0.05) is 17.1 Å². The molecule has 0 unspecified atom stereocenters. The van der Waals surface area contributed by atoms with E-state index in [1.165, 1.54) is 0 Å². The van der Waals surface area contributed by atoms with Crippen molar-refractivity contribution in [3.63, 3.8) is 0 Å². The number of nitrogens with zero attached hydrogens (tertiary/aromatic N) is 2. The van der Waals surface area contributed by atoms with Crippen molar-refractivity contribution in [1.29, 1.82) is 0 Å². The highest BCUT2D eigenvalue weighted by molar-refractivity contribution is 6.31. The van der Waals surface area contributed by atoms with E-state index in [0.717, 1.165) is 29.0 Å². The van der Waals surface area contributed by atoms with Crippen LogP contribution in [0.25, 0.3) is 22.4 Å². The van der Waals surface area contributed by atoms with Gasteiger partial charge in [0.1, 0.15) is 5.82 Å². The number of aromatic carboxylic acids is 1. The van der Waals surface area contributed by atoms with Crippen LogP contribution in [-0.4, -0.2) is 20.6 Å². The molecule has 0 radical (unpaired) electrons. The van der Waals surface area contributed by atoms with Crippen LogP contribution in [0.5, 0.6) is 0 Å². The molecule has 1 heterocycles. The van der Waals surface area contributed by atoms with Gasteiger partial charge in [-0.05, 0) is 37.3 Å². The first-order chi connectivity index (χ1) is 10.1. The van der Waals surface area contributed by atoms with Crippen molar-refractivity contribution < 1.29 is 9.90 Å². The van der Waals surface area contributed by atoms with Gasteiger partial charge in [0.15, 0.2) is 0 Å². The number of aryl methyl sites for hydroxylation is 1. The number of aromatic nitrogens is 2. The van der Waals surface area contributed by atoms with E-state index in [-0.39, 0.29) is 5.56 Å². The summed E-state index contributed by atoms with van der Waals surface area (Å²) in [5.41, 5.74) is 3.00. The quantitative estimate of drug-likeness (QED) is 0.793. The number of hydrogen-bond donors (Lipinski definition) is 1. The highest BCUT2D eigenvalue weighted by atomic mass is 35.5. The second-order valence-electron chi connectivity index (χ2n) is 4.70. The zero-order valence-corrected chi connectivity index (χ0v) is 12.1. The number of benzene rings is 2. The Labute approximate surface area is 126 Å². The lowest BCUT2D eigenvalue weighted by molar-refractivity contribution is 0.0697. The monoisotopic (exact) mass is 300 g/mol. The van der Waals surface area contributed by atoms with Crippen molar-refractivity contribution in [2.75, 3.05) is 0 Å². The molecule has 1 N–H and O–H groups in total. The SMILES string of the molecule is CCn1c(-c2ccc(C(=O)O)cc2)nc2ccc(Cl)cc21. The average molecular weight is 301 g/mol. The van der Waals surface area contributed by atoms with Gasteiger partial charge in [0.2, 0.25) is 0 Å². The molecule has 3 rings (SSSR count). The smallest absolute Gasteiger partial charge is 0.335 e. The van der Waals surface area contributed by atoms with E-state index in [4.69, 9.17) is 16.7 Å². The third kappa shape index (κ3) is 2.38. The number of carboxylic acids is 1. The molecule has 5 heteroatoms. The molecular formula is C16H13ClN2O2. The molecule has 0 saturated carbocycles. The number of fused-ring (bicyclic) bond motifs is 1. The lowest BCUT2D eigenvalue weighted by Gasteiger charge is -2.06. The first-order valence-electron chi connectivity index (χ1n) is 6.59. The van der Waals surface area contributed by atoms with E-state index < -0.39 is 5.97 Å². The molecule has 0 fully saturated rings. The molecule has 0 saturated heterocycles. The molecule has 3 aromatic rings. The summed E-state index contributed by atoms with van der Waals surface area (Å²) >= 11 is 6.05. The van der Waals surface area contributed by atoms with Crippen LogP contribution in [0.15, 0.2) is 42.5 Å². The Balaban J connectivity index is 2.17. The molecule has 106 valence electrons. The summed E-state index contributed by atoms with van der Waals surface area (Å²) in [4.78, 5) is 15.5. The van der Waals surface area contributed by atoms with Crippen molar-refractivity contribution in [1.82, 2.24) is 9.55 Å². The Morgan fingerprint density at radius 3 is 2.57 bits per heavy atom. The topological polar surface area (TPSA) is 55.1 Å². The molecule has 0 amide bonds. The van der Waals surface area contributed by atoms with Gasteiger partial charge in [-0.2, -0.15) is 0 Å². The largest absolute Gasteiger partial charge is 0.478 e. The van der Waals surface area contributed by atoms with Crippen LogP contribution in [0.2, 0.25) is 5.02 Å². The van der Waals surface area contributed by atoms with Crippen molar-refractivity contribution in [3.05, 3.63) is 53.1 Å². The van der Waals surface area contributed by atoms with Gasteiger partial charge in [-0.1, -0.05) is 23.7 Å². The third-order valence-electron chi connectivity index (χ3n) is 3.42. The molecule has 0 aliphatic carbocycles. The van der Waals surface area contributed by atoms with E-state index in [1.54, 1.807) is 24.3 Å². The standard InChI is InChI=1S/C16H13ClN2O2/c1-2-19-14-9-12(17)7-8-13(14)18-15(19)10-3-5-11(6-4-10)16(20)21/h3-9H,2H2,1H3,(H,20,21). The molecule has 0 atom stereocenters. The minimum absolute atomic E-state index is 0.265. The highest BCUT2D eigenvalue weighted by Crippen LogP contribution is 2.27. The summed E-state index contributed by atoms with van der Waals surface area (Å²) in [5, 5.41) is 9.63. The maximum atomic E-state index is 10.9. The Bertz CT molecular complexity index is 822. The van der Waals surface area contributed by atoms with E-state index >= 15 is 0 Å². The van der Waals surface area contributed by atoms with Crippen LogP contribution < -0.4 is 0 Å². The van der Waals surface area contributed by atoms with Crippen LogP contribution in [-0.2, 0) is 6.54 Å². The number of halogens is 1. The second-order valence-corrected chi connectivity index (χ2v) is 5.13. The minimum atomic E-state index is -0.933. The molecule has 4 nitrogen and oxygen atoms in total. The summed E-state index contributed by atoms with van der Waals surface area (Å²) in [6.07, 6.45) is 0. The van der Waals surface area contributed by atoms with Gasteiger partial charge in [-0.3, -0.25) is 0 Å². The molecule has 0 bridgehead atoms. The van der Waals surface area contributed by atoms with Crippen LogP contribution >= 0.6 is 11.6 Å². The van der Waals surface area contributed by atoms with Crippen LogP contribution in [0.4, 0.5) is 0 Å². The van der Waals surface area contributed by atoms with Crippen molar-refractivity contribution in [2.24, 2.45) is 0 Å². The molecule has 0 aliphatic rings. The van der Waals surface area contributed by atoms with Crippen molar-refractivity contribution >= 4 is 28.6 Å². The average Bonchev–Trinajstić information content (AvgIpc) is 2.85. The fourth-order valence-electron chi connectivity index (χ4n) is 2.40. The fourth-order valence-corrected chi connectivity index (χ4v) is 2.56. The maximum absolute atomic E-state index is 10.9. The Hall–Kier alpha value is -2.33. The first kappa shape index (κ1) is 13.6. The van der Waals surface area contributed by atoms with Crippen LogP contribution in [0.3, 0.4) is 0 Å². The number of carbonyl (C=O) groups is 1. The van der Waals surface area contributed by atoms with E-state index in [2.05, 4.69) is 9.55 Å². The molecular weight excluding hydrogens is 288 g/mol. The maximum Gasteiger partial charge on any atom is 0.335 e. The Morgan fingerprint density at radius 2 is 1.95 bits per heavy atom. The van der Waals surface area contributed by atoms with Gasteiger partial charge >= 0.3 is 5.97 Å². The summed E-state index contributed by atoms with van der Waals surface area (Å²) < 4.78 is 2.07. The number of carboxylic acid groups (broad SMARTS) is 1. The van der Waals surface area contributed by atoms with Crippen molar-refractivity contribution in [3.8, 4) is 11.4 Å². The molecule has 1 aromatic heterocycles. The number of rotatable bonds is 3. The summed E-state index contributed by atoms with van der Waals surface area (Å²) in [5.74, 6) is -0.121. The predicted molar refractivity (Wildman–Crippen MR) is 82.8 cm³/mol. The third-order valence-corrected chi connectivity index (χ3v) is 3.65. The minimum Gasteiger partial charge on any atom is -0.478 e. The summed E-state index contributed by atoms with van der Waals surface area (Å²) in [6, 6.07) is 12.3. The zero-order valence-electron chi connectivity index (χ0n) is 11.4. The van der Waals surface area contributed by atoms with Gasteiger partial charge in [0.25, 0.3) is 0 Å². The lowest BCUT2D eigenvalue weighted by atomic mass is 10.1. The Morgan fingerprint density at radius 1 is 1.24 bits per heavy atom. The normalized spacial score (nSPS) is 11.0. The van der Waals surface area contributed by atoms with E-state index in [1.807, 2.05) is 25.1 Å². The molecule has 21 heavy (non-hydrogen) atoms. The molecule has 0 aliphatic heterocycles. The molecule has 2 aromatic carbocycles. The first-order valence-corrected chi connectivity index (χ1v) is 6.97. The second kappa shape index (κ2) is 5.22. The van der Waals surface area contributed by atoms with Gasteiger partial charge in [-0.25, -0.2) is 9.78 Å². The van der Waals surface area contributed by atoms with Crippen LogP contribution in [0, 0.1) is 0 Å². The summed E-state index contributed by atoms with van der Waals surface area (Å²) in [7, 11) is 0. The van der Waals surface area contributed by atoms with Gasteiger partial charge < -0.3 is 9.67 Å². The van der Waals surface area contributed by atoms with E-state index in [9.17, 15) is 4.79 Å². The fraction of sp³-hybridized carbons (Fsp3) is 0.125. The highest BCUT2D eigenvalue weighted by Gasteiger charge is 2.12. The predicted octanol–water partition coefficient (Wildman–Crippen LogP) is 4.07. The summed E-state index contributed by atoms with van der Waals surface area (Å²) in [6.45, 7) is 2.80. The number of imidazole rings is 1. The number of hydrogen-bond acceptors (Lipinski definition) is 2. The van der Waals surface area contributed by atoms with E-state index in [0.29, 0.717) is 5.02 Å².